The normalized spacial score (nSPS) is 14.8. The molecule has 1 aliphatic heterocycles. The van der Waals surface area contributed by atoms with Gasteiger partial charge in [-0.1, -0.05) is 6.07 Å². The van der Waals surface area contributed by atoms with Crippen LogP contribution < -0.4 is 5.69 Å². The molecule has 0 amide bonds. The van der Waals surface area contributed by atoms with E-state index in [1.807, 2.05) is 13.0 Å². The monoisotopic (exact) mass is 340 g/mol. The highest BCUT2D eigenvalue weighted by Gasteiger charge is 2.16. The lowest BCUT2D eigenvalue weighted by Gasteiger charge is -2.30. The predicted octanol–water partition coefficient (Wildman–Crippen LogP) is 2.85. The summed E-state index contributed by atoms with van der Waals surface area (Å²) in [7, 11) is 0. The van der Waals surface area contributed by atoms with Gasteiger partial charge >= 0.3 is 5.69 Å². The lowest BCUT2D eigenvalue weighted by atomic mass is 9.98. The van der Waals surface area contributed by atoms with Gasteiger partial charge in [0.2, 0.25) is 0 Å². The van der Waals surface area contributed by atoms with Gasteiger partial charge in [-0.25, -0.2) is 14.2 Å². The topological polar surface area (TPSA) is 53.9 Å². The zero-order valence-electron chi connectivity index (χ0n) is 14.5. The molecule has 0 aliphatic carbocycles. The minimum atomic E-state index is -0.205. The van der Waals surface area contributed by atoms with Crippen LogP contribution in [0, 0.1) is 19.7 Å². The van der Waals surface area contributed by atoms with Crippen molar-refractivity contribution in [3.05, 3.63) is 51.8 Å². The molecule has 3 heterocycles. The first kappa shape index (κ1) is 16.0. The molecule has 1 aliphatic rings. The number of hydrogen-bond acceptors (Lipinski definition) is 3. The average molecular weight is 340 g/mol. The molecule has 1 fully saturated rings. The number of hydrogen-bond donors (Lipinski definition) is 1. The van der Waals surface area contributed by atoms with Gasteiger partial charge in [-0.2, -0.15) is 0 Å². The molecule has 1 aromatic carbocycles. The van der Waals surface area contributed by atoms with Crippen LogP contribution in [0.25, 0.3) is 22.3 Å². The van der Waals surface area contributed by atoms with Crippen molar-refractivity contribution in [1.82, 2.24) is 19.4 Å². The average Bonchev–Trinajstić information content (AvgIpc) is 2.86. The zero-order chi connectivity index (χ0) is 17.6. The first-order valence-electron chi connectivity index (χ1n) is 8.61. The summed E-state index contributed by atoms with van der Waals surface area (Å²) in [6, 6.07) is 5.22. The number of fused-ring (bicyclic) bond motifs is 1. The van der Waals surface area contributed by atoms with Crippen LogP contribution in [0.15, 0.2) is 29.2 Å². The molecule has 6 heteroatoms. The third-order valence-corrected chi connectivity index (χ3v) is 5.25. The molecular formula is C19H21FN4O. The molecule has 0 bridgehead atoms. The number of H-pyrrole nitrogens is 1. The zero-order valence-corrected chi connectivity index (χ0v) is 14.5. The Morgan fingerprint density at radius 3 is 2.72 bits per heavy atom. The summed E-state index contributed by atoms with van der Waals surface area (Å²) in [6.07, 6.45) is 2.97. The molecule has 0 radical (unpaired) electrons. The number of nitrogens with zero attached hydrogens (tertiary/aromatic N) is 3. The van der Waals surface area contributed by atoms with Crippen LogP contribution in [0.4, 0.5) is 4.39 Å². The Labute approximate surface area is 145 Å². The maximum absolute atomic E-state index is 13.7. The number of benzene rings is 1. The Balaban J connectivity index is 1.76. The predicted molar refractivity (Wildman–Crippen MR) is 96.3 cm³/mol. The Bertz CT molecular complexity index is 1000. The first-order valence-corrected chi connectivity index (χ1v) is 8.61. The summed E-state index contributed by atoms with van der Waals surface area (Å²) in [5, 5.41) is 0. The number of likely N-dealkylation sites (tertiary alicyclic amines) is 1. The molecule has 0 saturated carbocycles. The van der Waals surface area contributed by atoms with Gasteiger partial charge in [-0.3, -0.25) is 9.55 Å². The van der Waals surface area contributed by atoms with Crippen LogP contribution in [-0.2, 0) is 6.54 Å². The van der Waals surface area contributed by atoms with Crippen molar-refractivity contribution in [2.45, 2.75) is 26.8 Å². The second-order valence-corrected chi connectivity index (χ2v) is 6.71. The van der Waals surface area contributed by atoms with E-state index >= 15 is 0 Å². The van der Waals surface area contributed by atoms with Gasteiger partial charge in [0.1, 0.15) is 5.82 Å². The number of nitrogens with one attached hydrogen (secondary N) is 1. The molecule has 0 spiro atoms. The van der Waals surface area contributed by atoms with Gasteiger partial charge in [0, 0.05) is 24.8 Å². The van der Waals surface area contributed by atoms with E-state index in [0.29, 0.717) is 17.8 Å². The molecule has 1 saturated heterocycles. The number of halogens is 1. The summed E-state index contributed by atoms with van der Waals surface area (Å²) in [6.45, 7) is 7.41. The van der Waals surface area contributed by atoms with E-state index in [1.165, 1.54) is 12.5 Å². The fourth-order valence-electron chi connectivity index (χ4n) is 3.35. The smallest absolute Gasteiger partial charge is 0.301 e. The number of imidazole rings is 1. The minimum absolute atomic E-state index is 0.132. The largest absolute Gasteiger partial charge is 0.327 e. The summed E-state index contributed by atoms with van der Waals surface area (Å²) >= 11 is 0. The van der Waals surface area contributed by atoms with E-state index in [9.17, 15) is 9.18 Å². The molecule has 25 heavy (non-hydrogen) atoms. The van der Waals surface area contributed by atoms with Crippen molar-refractivity contribution in [2.24, 2.45) is 0 Å². The summed E-state index contributed by atoms with van der Waals surface area (Å²) in [5.74, 6) is -0.205. The Morgan fingerprint density at radius 1 is 1.20 bits per heavy atom. The Morgan fingerprint density at radius 2 is 2.00 bits per heavy atom. The van der Waals surface area contributed by atoms with E-state index in [-0.39, 0.29) is 11.5 Å². The fraction of sp³-hybridized carbons (Fsp3) is 0.368. The molecule has 0 unspecified atom stereocenters. The van der Waals surface area contributed by atoms with Crippen molar-refractivity contribution in [3.8, 4) is 11.1 Å². The van der Waals surface area contributed by atoms with E-state index in [1.54, 1.807) is 23.8 Å². The molecule has 3 aromatic rings. The van der Waals surface area contributed by atoms with Crippen LogP contribution in [-0.4, -0.2) is 39.1 Å². The van der Waals surface area contributed by atoms with Crippen molar-refractivity contribution < 1.29 is 4.39 Å². The van der Waals surface area contributed by atoms with Gasteiger partial charge in [0.15, 0.2) is 5.65 Å². The fourth-order valence-corrected chi connectivity index (χ4v) is 3.35. The molecular weight excluding hydrogens is 319 g/mol. The van der Waals surface area contributed by atoms with Crippen molar-refractivity contribution >= 4 is 11.2 Å². The minimum Gasteiger partial charge on any atom is -0.301 e. The summed E-state index contributed by atoms with van der Waals surface area (Å²) in [5.41, 5.74) is 4.62. The lowest BCUT2D eigenvalue weighted by Crippen LogP contribution is -2.40. The van der Waals surface area contributed by atoms with Crippen LogP contribution in [0.2, 0.25) is 0 Å². The van der Waals surface area contributed by atoms with Gasteiger partial charge in [0.25, 0.3) is 0 Å². The molecule has 5 nitrogen and oxygen atoms in total. The van der Waals surface area contributed by atoms with Gasteiger partial charge < -0.3 is 4.90 Å². The van der Waals surface area contributed by atoms with Crippen LogP contribution >= 0.6 is 0 Å². The maximum atomic E-state index is 13.7. The maximum Gasteiger partial charge on any atom is 0.327 e. The summed E-state index contributed by atoms with van der Waals surface area (Å²) < 4.78 is 15.5. The molecule has 1 N–H and O–H groups in total. The number of aromatic amines is 1. The third kappa shape index (κ3) is 2.76. The highest BCUT2D eigenvalue weighted by molar-refractivity contribution is 5.79. The first-order chi connectivity index (χ1) is 12.0. The Kier molecular flexibility index (Phi) is 3.92. The molecule has 4 rings (SSSR count). The van der Waals surface area contributed by atoms with Crippen molar-refractivity contribution in [2.75, 3.05) is 19.6 Å². The van der Waals surface area contributed by atoms with Gasteiger partial charge in [0.05, 0.1) is 5.52 Å². The van der Waals surface area contributed by atoms with Crippen LogP contribution in [0.1, 0.15) is 17.5 Å². The summed E-state index contributed by atoms with van der Waals surface area (Å²) in [4.78, 5) is 21.8. The molecule has 2 aromatic heterocycles. The quantitative estimate of drug-likeness (QED) is 0.795. The van der Waals surface area contributed by atoms with Crippen LogP contribution in [0.5, 0.6) is 0 Å². The number of rotatable bonds is 4. The highest BCUT2D eigenvalue weighted by Crippen LogP contribution is 2.28. The number of pyridine rings is 1. The van der Waals surface area contributed by atoms with Gasteiger partial charge in [-0.15, -0.1) is 0 Å². The van der Waals surface area contributed by atoms with Crippen molar-refractivity contribution in [3.63, 3.8) is 0 Å². The molecule has 130 valence electrons. The van der Waals surface area contributed by atoms with Gasteiger partial charge in [-0.05, 0) is 62.2 Å². The van der Waals surface area contributed by atoms with E-state index < -0.39 is 0 Å². The number of aromatic nitrogens is 3. The second kappa shape index (κ2) is 6.11. The Hall–Kier alpha value is -2.47. The molecule has 0 atom stereocenters. The third-order valence-electron chi connectivity index (χ3n) is 5.25. The van der Waals surface area contributed by atoms with E-state index in [2.05, 4.69) is 14.9 Å². The second-order valence-electron chi connectivity index (χ2n) is 6.71. The van der Waals surface area contributed by atoms with Crippen LogP contribution in [0.3, 0.4) is 0 Å². The standard InChI is InChI=1S/C19H21FN4O/c1-12-13(2)16(20)5-4-15(12)14-10-17-18(21-11-14)22-19(25)24(17)9-8-23-6-3-7-23/h4-5,10-11H,3,6-9H2,1-2H3,(H,21,22,25). The van der Waals surface area contributed by atoms with E-state index in [0.717, 1.165) is 41.8 Å². The highest BCUT2D eigenvalue weighted by atomic mass is 19.1. The van der Waals surface area contributed by atoms with Crippen molar-refractivity contribution in [1.29, 1.82) is 0 Å². The lowest BCUT2D eigenvalue weighted by molar-refractivity contribution is 0.175. The van der Waals surface area contributed by atoms with E-state index in [4.69, 9.17) is 0 Å². The SMILES string of the molecule is Cc1c(F)ccc(-c2cnc3[nH]c(=O)n(CCN4CCC4)c3c2)c1C.